The second kappa shape index (κ2) is 43.5. The maximum Gasteiger partial charge on any atom is 0.306 e. The lowest BCUT2D eigenvalue weighted by Crippen LogP contribution is -2.30. The number of carbonyl (C=O) groups excluding carboxylic acids is 3. The molecule has 1 atom stereocenters. The van der Waals surface area contributed by atoms with Crippen molar-refractivity contribution in [2.75, 3.05) is 13.2 Å². The van der Waals surface area contributed by atoms with Gasteiger partial charge in [-0.2, -0.15) is 0 Å². The SMILES string of the molecule is CCCCCCCCCCCCCCCCCCC(=O)O[C@@H](COC(=O)CCCCCCCCCCC)COC(=O)CCCCCCCCCCCC(C)C. The fraction of sp³-hybridized carbons (Fsp3) is 0.939. The molecular formula is C49H94O6. The van der Waals surface area contributed by atoms with Crippen molar-refractivity contribution in [2.45, 2.75) is 278 Å². The zero-order valence-electron chi connectivity index (χ0n) is 37.4. The van der Waals surface area contributed by atoms with Crippen molar-refractivity contribution in [1.82, 2.24) is 0 Å². The van der Waals surface area contributed by atoms with E-state index in [0.717, 1.165) is 63.7 Å². The van der Waals surface area contributed by atoms with Gasteiger partial charge in [-0.3, -0.25) is 14.4 Å². The molecule has 0 saturated carbocycles. The average Bonchev–Trinajstić information content (AvgIpc) is 3.17. The van der Waals surface area contributed by atoms with Crippen LogP contribution >= 0.6 is 0 Å². The lowest BCUT2D eigenvalue weighted by molar-refractivity contribution is -0.167. The van der Waals surface area contributed by atoms with E-state index < -0.39 is 6.10 Å². The van der Waals surface area contributed by atoms with Gasteiger partial charge in [-0.25, -0.2) is 0 Å². The maximum absolute atomic E-state index is 12.7. The number of ether oxygens (including phenoxy) is 3. The lowest BCUT2D eigenvalue weighted by atomic mass is 10.0. The molecule has 0 rings (SSSR count). The van der Waals surface area contributed by atoms with Gasteiger partial charge in [0.2, 0.25) is 0 Å². The van der Waals surface area contributed by atoms with E-state index >= 15 is 0 Å². The van der Waals surface area contributed by atoms with Crippen LogP contribution in [0.1, 0.15) is 272 Å². The lowest BCUT2D eigenvalue weighted by Gasteiger charge is -2.18. The van der Waals surface area contributed by atoms with Gasteiger partial charge in [0.25, 0.3) is 0 Å². The summed E-state index contributed by atoms with van der Waals surface area (Å²) in [5.74, 6) is -0.0437. The predicted octanol–water partition coefficient (Wildman–Crippen LogP) is 15.5. The second-order valence-electron chi connectivity index (χ2n) is 17.2. The summed E-state index contributed by atoms with van der Waals surface area (Å²) in [6, 6.07) is 0. The first-order chi connectivity index (χ1) is 26.9. The Morgan fingerprint density at radius 2 is 0.600 bits per heavy atom. The highest BCUT2D eigenvalue weighted by Gasteiger charge is 2.19. The number of carbonyl (C=O) groups is 3. The summed E-state index contributed by atoms with van der Waals surface area (Å²) in [6.45, 7) is 8.97. The molecule has 0 aliphatic carbocycles. The molecule has 6 heteroatoms. The molecule has 0 bridgehead atoms. The largest absolute Gasteiger partial charge is 0.462 e. The van der Waals surface area contributed by atoms with Crippen LogP contribution in [0, 0.1) is 5.92 Å². The first-order valence-electron chi connectivity index (χ1n) is 24.4. The fourth-order valence-electron chi connectivity index (χ4n) is 7.33. The Balaban J connectivity index is 4.28. The Morgan fingerprint density at radius 1 is 0.345 bits per heavy atom. The molecule has 0 aromatic heterocycles. The standard InChI is InChI=1S/C49H94O6/c1-5-7-9-11-13-15-16-17-18-19-20-21-25-30-34-38-42-49(52)55-46(43-53-47(50)40-36-32-28-23-14-12-10-8-6-2)44-54-48(51)41-37-33-29-26-22-24-27-31-35-39-45(3)4/h45-46H,5-44H2,1-4H3/t46-/m0/s1. The molecule has 0 aromatic carbocycles. The highest BCUT2D eigenvalue weighted by atomic mass is 16.6. The van der Waals surface area contributed by atoms with Gasteiger partial charge in [0, 0.05) is 19.3 Å². The number of rotatable bonds is 44. The van der Waals surface area contributed by atoms with Gasteiger partial charge >= 0.3 is 17.9 Å². The molecule has 0 fully saturated rings. The van der Waals surface area contributed by atoms with E-state index in [2.05, 4.69) is 27.7 Å². The van der Waals surface area contributed by atoms with Crippen LogP contribution < -0.4 is 0 Å². The van der Waals surface area contributed by atoms with Gasteiger partial charge in [-0.15, -0.1) is 0 Å². The van der Waals surface area contributed by atoms with Crippen LogP contribution in [0.5, 0.6) is 0 Å². The first kappa shape index (κ1) is 53.4. The normalized spacial score (nSPS) is 11.9. The van der Waals surface area contributed by atoms with Crippen LogP contribution in [-0.4, -0.2) is 37.2 Å². The minimum absolute atomic E-state index is 0.0638. The Kier molecular flexibility index (Phi) is 42.3. The third-order valence-corrected chi connectivity index (χ3v) is 11.0. The van der Waals surface area contributed by atoms with Crippen LogP contribution in [0.2, 0.25) is 0 Å². The molecule has 6 nitrogen and oxygen atoms in total. The van der Waals surface area contributed by atoms with E-state index in [1.807, 2.05) is 0 Å². The summed E-state index contributed by atoms with van der Waals surface area (Å²) in [4.78, 5) is 37.7. The smallest absolute Gasteiger partial charge is 0.306 e. The topological polar surface area (TPSA) is 78.9 Å². The Morgan fingerprint density at radius 3 is 0.891 bits per heavy atom. The van der Waals surface area contributed by atoms with Gasteiger partial charge in [0.1, 0.15) is 13.2 Å². The zero-order chi connectivity index (χ0) is 40.3. The van der Waals surface area contributed by atoms with Crippen LogP contribution in [-0.2, 0) is 28.6 Å². The molecule has 0 heterocycles. The van der Waals surface area contributed by atoms with E-state index in [4.69, 9.17) is 14.2 Å². The van der Waals surface area contributed by atoms with Gasteiger partial charge in [0.15, 0.2) is 6.10 Å². The van der Waals surface area contributed by atoms with Crippen molar-refractivity contribution in [1.29, 1.82) is 0 Å². The Hall–Kier alpha value is -1.59. The summed E-state index contributed by atoms with van der Waals surface area (Å²) in [5, 5.41) is 0. The summed E-state index contributed by atoms with van der Waals surface area (Å²) in [7, 11) is 0. The molecule has 326 valence electrons. The quantitative estimate of drug-likeness (QED) is 0.0348. The van der Waals surface area contributed by atoms with Crippen LogP contribution in [0.4, 0.5) is 0 Å². The van der Waals surface area contributed by atoms with Gasteiger partial charge in [-0.05, 0) is 25.2 Å². The van der Waals surface area contributed by atoms with Crippen molar-refractivity contribution < 1.29 is 28.6 Å². The van der Waals surface area contributed by atoms with Crippen LogP contribution in [0.15, 0.2) is 0 Å². The molecule has 0 aliphatic rings. The summed E-state index contributed by atoms with van der Waals surface area (Å²) in [5.41, 5.74) is 0. The summed E-state index contributed by atoms with van der Waals surface area (Å²) < 4.78 is 16.7. The number of hydrogen-bond donors (Lipinski definition) is 0. The van der Waals surface area contributed by atoms with Crippen molar-refractivity contribution in [3.05, 3.63) is 0 Å². The van der Waals surface area contributed by atoms with Crippen LogP contribution in [0.3, 0.4) is 0 Å². The average molecular weight is 779 g/mol. The zero-order valence-corrected chi connectivity index (χ0v) is 37.4. The minimum atomic E-state index is -0.759. The predicted molar refractivity (Wildman–Crippen MR) is 233 cm³/mol. The summed E-state index contributed by atoms with van der Waals surface area (Å²) >= 11 is 0. The van der Waals surface area contributed by atoms with Crippen molar-refractivity contribution in [3.8, 4) is 0 Å². The van der Waals surface area contributed by atoms with E-state index in [0.29, 0.717) is 19.3 Å². The van der Waals surface area contributed by atoms with E-state index in [-0.39, 0.29) is 31.1 Å². The summed E-state index contributed by atoms with van der Waals surface area (Å²) in [6.07, 6.45) is 43.8. The Labute approximate surface area is 342 Å². The van der Waals surface area contributed by atoms with E-state index in [9.17, 15) is 14.4 Å². The van der Waals surface area contributed by atoms with Crippen molar-refractivity contribution in [2.24, 2.45) is 5.92 Å². The Bertz CT molecular complexity index is 826. The molecule has 55 heavy (non-hydrogen) atoms. The van der Waals surface area contributed by atoms with E-state index in [1.165, 1.54) is 167 Å². The van der Waals surface area contributed by atoms with E-state index in [1.54, 1.807) is 0 Å². The van der Waals surface area contributed by atoms with Gasteiger partial charge < -0.3 is 14.2 Å². The van der Waals surface area contributed by atoms with Gasteiger partial charge in [0.05, 0.1) is 0 Å². The maximum atomic E-state index is 12.7. The minimum Gasteiger partial charge on any atom is -0.462 e. The molecular weight excluding hydrogens is 685 g/mol. The molecule has 0 N–H and O–H groups in total. The molecule has 0 aromatic rings. The number of esters is 3. The third-order valence-electron chi connectivity index (χ3n) is 11.0. The van der Waals surface area contributed by atoms with Gasteiger partial charge in [-0.1, -0.05) is 233 Å². The molecule has 0 aliphatic heterocycles. The molecule has 0 radical (unpaired) electrons. The highest BCUT2D eigenvalue weighted by Crippen LogP contribution is 2.16. The fourth-order valence-corrected chi connectivity index (χ4v) is 7.33. The second-order valence-corrected chi connectivity index (χ2v) is 17.2. The molecule has 0 saturated heterocycles. The van der Waals surface area contributed by atoms with Crippen molar-refractivity contribution in [3.63, 3.8) is 0 Å². The monoisotopic (exact) mass is 779 g/mol. The van der Waals surface area contributed by atoms with Crippen molar-refractivity contribution >= 4 is 17.9 Å². The molecule has 0 amide bonds. The number of unbranched alkanes of at least 4 members (excludes halogenated alkanes) is 31. The first-order valence-corrected chi connectivity index (χ1v) is 24.4. The van der Waals surface area contributed by atoms with Crippen LogP contribution in [0.25, 0.3) is 0 Å². The number of hydrogen-bond acceptors (Lipinski definition) is 6. The molecule has 0 spiro atoms. The molecule has 0 unspecified atom stereocenters. The highest BCUT2D eigenvalue weighted by molar-refractivity contribution is 5.71. The third kappa shape index (κ3) is 43.4.